The second-order valence-corrected chi connectivity index (χ2v) is 7.94. The lowest BCUT2D eigenvalue weighted by atomic mass is 9.81. The van der Waals surface area contributed by atoms with Gasteiger partial charge in [0.2, 0.25) is 0 Å². The molecule has 0 bridgehead atoms. The van der Waals surface area contributed by atoms with Gasteiger partial charge in [-0.2, -0.15) is 4.40 Å². The van der Waals surface area contributed by atoms with Gasteiger partial charge in [0.05, 0.1) is 5.39 Å². The number of imidazole rings is 1. The molecule has 2 unspecified atom stereocenters. The minimum Gasteiger partial charge on any atom is -0.222 e. The van der Waals surface area contributed by atoms with Crippen molar-refractivity contribution in [1.82, 2.24) is 4.57 Å². The molecule has 2 aliphatic heterocycles. The topological polar surface area (TPSA) is 9.03 Å². The molecular weight excluding hydrogens is 292 g/mol. The maximum atomic E-state index is 2.66. The Bertz CT molecular complexity index is 1230. The first-order valence-electron chi connectivity index (χ1n) is 9.25. The minimum atomic E-state index is 0.722. The van der Waals surface area contributed by atoms with Gasteiger partial charge in [-0.1, -0.05) is 42.8 Å². The van der Waals surface area contributed by atoms with Gasteiger partial charge in [-0.15, -0.1) is 0 Å². The Balaban J connectivity index is 1.90. The SMILES string of the molecule is Cc1c2[n+]3c4c(cccc4c4cccc5c4c3n1C5)C1CCCC21. The zero-order chi connectivity index (χ0) is 15.6. The fourth-order valence-corrected chi connectivity index (χ4v) is 6.17. The molecule has 2 atom stereocenters. The van der Waals surface area contributed by atoms with Gasteiger partial charge < -0.3 is 0 Å². The van der Waals surface area contributed by atoms with E-state index in [4.69, 9.17) is 0 Å². The highest BCUT2D eigenvalue weighted by Crippen LogP contribution is 2.51. The highest BCUT2D eigenvalue weighted by Gasteiger charge is 2.45. The van der Waals surface area contributed by atoms with Crippen LogP contribution in [0.1, 0.15) is 53.6 Å². The van der Waals surface area contributed by atoms with Crippen molar-refractivity contribution in [1.29, 1.82) is 0 Å². The summed E-state index contributed by atoms with van der Waals surface area (Å²) in [5, 5.41) is 4.39. The molecule has 0 radical (unpaired) electrons. The largest absolute Gasteiger partial charge is 0.295 e. The van der Waals surface area contributed by atoms with Crippen molar-refractivity contribution in [2.45, 2.75) is 44.6 Å². The van der Waals surface area contributed by atoms with Crippen molar-refractivity contribution < 1.29 is 4.40 Å². The molecule has 0 N–H and O–H groups in total. The minimum absolute atomic E-state index is 0.722. The maximum absolute atomic E-state index is 2.66. The first-order chi connectivity index (χ1) is 11.8. The molecule has 1 saturated carbocycles. The number of aromatic nitrogens is 2. The average molecular weight is 311 g/mol. The number of hydrogen-bond donors (Lipinski definition) is 0. The van der Waals surface area contributed by atoms with E-state index in [1.165, 1.54) is 57.8 Å². The molecule has 0 amide bonds. The first kappa shape index (κ1) is 12.1. The van der Waals surface area contributed by atoms with Crippen molar-refractivity contribution in [2.75, 3.05) is 0 Å². The Kier molecular flexibility index (Phi) is 1.84. The molecule has 3 aliphatic rings. The number of benzene rings is 2. The summed E-state index contributed by atoms with van der Waals surface area (Å²) in [6.45, 7) is 3.40. The summed E-state index contributed by atoms with van der Waals surface area (Å²) in [6, 6.07) is 13.9. The van der Waals surface area contributed by atoms with E-state index in [0.29, 0.717) is 0 Å². The van der Waals surface area contributed by atoms with Gasteiger partial charge in [-0.25, -0.2) is 4.57 Å². The van der Waals surface area contributed by atoms with Crippen molar-refractivity contribution in [3.05, 3.63) is 58.9 Å². The Hall–Kier alpha value is -2.35. The van der Waals surface area contributed by atoms with Crippen molar-refractivity contribution in [3.63, 3.8) is 0 Å². The molecule has 4 heterocycles. The maximum Gasteiger partial charge on any atom is 0.295 e. The normalized spacial score (nSPS) is 23.4. The number of rotatable bonds is 0. The van der Waals surface area contributed by atoms with Crippen LogP contribution in [-0.2, 0) is 6.54 Å². The highest BCUT2D eigenvalue weighted by molar-refractivity contribution is 6.12. The number of hydrogen-bond acceptors (Lipinski definition) is 0. The molecule has 2 heteroatoms. The Labute approximate surface area is 140 Å². The van der Waals surface area contributed by atoms with E-state index in [1.807, 2.05) is 0 Å². The number of pyridine rings is 1. The molecule has 116 valence electrons. The van der Waals surface area contributed by atoms with E-state index >= 15 is 0 Å². The lowest BCUT2D eigenvalue weighted by Crippen LogP contribution is -2.34. The number of fused-ring (bicyclic) bond motifs is 4. The quantitative estimate of drug-likeness (QED) is 0.293. The molecule has 0 spiro atoms. The van der Waals surface area contributed by atoms with Crippen LogP contribution in [0.15, 0.2) is 36.4 Å². The van der Waals surface area contributed by atoms with Crippen LogP contribution in [-0.4, -0.2) is 4.57 Å². The third kappa shape index (κ3) is 1.08. The second-order valence-electron chi connectivity index (χ2n) is 7.94. The van der Waals surface area contributed by atoms with Crippen LogP contribution in [0.25, 0.3) is 27.3 Å². The Morgan fingerprint density at radius 2 is 1.83 bits per heavy atom. The van der Waals surface area contributed by atoms with Gasteiger partial charge in [-0.3, -0.25) is 0 Å². The van der Waals surface area contributed by atoms with E-state index in [9.17, 15) is 0 Å². The van der Waals surface area contributed by atoms with Crippen LogP contribution in [0.2, 0.25) is 0 Å². The van der Waals surface area contributed by atoms with Gasteiger partial charge >= 0.3 is 0 Å². The van der Waals surface area contributed by atoms with E-state index in [2.05, 4.69) is 52.3 Å². The Morgan fingerprint density at radius 3 is 2.79 bits per heavy atom. The zero-order valence-corrected chi connectivity index (χ0v) is 13.8. The molecule has 24 heavy (non-hydrogen) atoms. The summed E-state index contributed by atoms with van der Waals surface area (Å²) in [5.74, 6) is 1.45. The molecule has 7 rings (SSSR count). The first-order valence-corrected chi connectivity index (χ1v) is 9.25. The lowest BCUT2D eigenvalue weighted by Gasteiger charge is -2.24. The molecule has 1 aliphatic carbocycles. The summed E-state index contributed by atoms with van der Waals surface area (Å²) in [5.41, 5.74) is 9.17. The third-order valence-corrected chi connectivity index (χ3v) is 7.03. The fourth-order valence-electron chi connectivity index (χ4n) is 6.17. The predicted molar refractivity (Wildman–Crippen MR) is 95.8 cm³/mol. The van der Waals surface area contributed by atoms with Crippen molar-refractivity contribution >= 4 is 27.3 Å². The third-order valence-electron chi connectivity index (χ3n) is 7.03. The number of nitrogens with zero attached hydrogens (tertiary/aromatic N) is 2. The van der Waals surface area contributed by atoms with Gasteiger partial charge in [0.15, 0.2) is 5.69 Å². The predicted octanol–water partition coefficient (Wildman–Crippen LogP) is 4.57. The molecule has 2 aromatic heterocycles. The van der Waals surface area contributed by atoms with Crippen molar-refractivity contribution in [3.8, 4) is 0 Å². The van der Waals surface area contributed by atoms with Gasteiger partial charge in [0.1, 0.15) is 17.8 Å². The monoisotopic (exact) mass is 311 g/mol. The summed E-state index contributed by atoms with van der Waals surface area (Å²) < 4.78 is 5.25. The van der Waals surface area contributed by atoms with Crippen LogP contribution in [0, 0.1) is 6.92 Å². The summed E-state index contributed by atoms with van der Waals surface area (Å²) in [6.07, 6.45) is 4.08. The average Bonchev–Trinajstić information content (AvgIpc) is 3.29. The Morgan fingerprint density at radius 1 is 1.00 bits per heavy atom. The van der Waals surface area contributed by atoms with Crippen LogP contribution in [0.5, 0.6) is 0 Å². The number of para-hydroxylation sites is 1. The van der Waals surface area contributed by atoms with Crippen LogP contribution in [0.4, 0.5) is 0 Å². The van der Waals surface area contributed by atoms with Crippen LogP contribution < -0.4 is 4.40 Å². The zero-order valence-electron chi connectivity index (χ0n) is 13.8. The van der Waals surface area contributed by atoms with Gasteiger partial charge in [0, 0.05) is 34.7 Å². The van der Waals surface area contributed by atoms with E-state index in [-0.39, 0.29) is 0 Å². The van der Waals surface area contributed by atoms with E-state index in [1.54, 1.807) is 11.3 Å². The summed E-state index contributed by atoms with van der Waals surface area (Å²) >= 11 is 0. The summed E-state index contributed by atoms with van der Waals surface area (Å²) in [4.78, 5) is 0. The molecule has 1 fully saturated rings. The lowest BCUT2D eigenvalue weighted by molar-refractivity contribution is -0.494. The standard InChI is InChI=1S/C22H19N2/c1-12-20-16-8-3-6-14(16)17-9-4-10-18-15-7-2-5-13-11-23(12)22(19(13)15)24(20)21(17)18/h2,4-5,7,9-10,14,16H,3,6,8,11H2,1H3/q+1. The molecular formula is C22H19N2+. The molecule has 0 saturated heterocycles. The molecule has 2 aromatic carbocycles. The van der Waals surface area contributed by atoms with Crippen molar-refractivity contribution in [2.24, 2.45) is 0 Å². The summed E-state index contributed by atoms with van der Waals surface area (Å²) in [7, 11) is 0. The van der Waals surface area contributed by atoms with Crippen LogP contribution in [0.3, 0.4) is 0 Å². The molecule has 2 nitrogen and oxygen atoms in total. The van der Waals surface area contributed by atoms with E-state index < -0.39 is 0 Å². The molecule has 4 aromatic rings. The van der Waals surface area contributed by atoms with Gasteiger partial charge in [0.25, 0.3) is 5.65 Å². The highest BCUT2D eigenvalue weighted by atomic mass is 15.2. The van der Waals surface area contributed by atoms with Gasteiger partial charge in [-0.05, 0) is 18.8 Å². The smallest absolute Gasteiger partial charge is 0.222 e. The van der Waals surface area contributed by atoms with Crippen LogP contribution >= 0.6 is 0 Å². The fraction of sp³-hybridized carbons (Fsp3) is 0.318. The second kappa shape index (κ2) is 3.66. The van der Waals surface area contributed by atoms with E-state index in [0.717, 1.165) is 18.4 Å².